The molecule has 0 aliphatic rings. The number of carbonyl (C=O) groups is 1. The first kappa shape index (κ1) is 29.1. The van der Waals surface area contributed by atoms with Crippen molar-refractivity contribution >= 4 is 17.0 Å². The quantitative estimate of drug-likeness (QED) is 0.273. The standard InChI is InChI=1S/C29H43NO4S/c1-16(2)21-14-24(19(7)8)26(25(15-21)20(9)10)28(35(32)33)29(31)30-34-27-22(17(3)4)12-11-13-23(27)18(5)6/h11-20,28H,1-10H3,(H,30,31)(H,32,33)/p-1. The van der Waals surface area contributed by atoms with Crippen LogP contribution < -0.4 is 10.3 Å². The SMILES string of the molecule is CC(C)c1cc(C(C)C)c(C(C(=O)NOc2c(C(C)C)cccc2C(C)C)S(=O)[O-])c(C(C)C)c1. The summed E-state index contributed by atoms with van der Waals surface area (Å²) >= 11 is -2.68. The smallest absolute Gasteiger partial charge is 0.271 e. The molecule has 0 aliphatic heterocycles. The first-order chi connectivity index (χ1) is 16.3. The van der Waals surface area contributed by atoms with Crippen LogP contribution in [-0.2, 0) is 15.9 Å². The van der Waals surface area contributed by atoms with E-state index in [2.05, 4.69) is 59.2 Å². The van der Waals surface area contributed by atoms with Gasteiger partial charge in [-0.3, -0.25) is 9.00 Å². The Kier molecular flexibility index (Phi) is 10.1. The number of amides is 1. The van der Waals surface area contributed by atoms with Crippen molar-refractivity contribution in [3.63, 3.8) is 0 Å². The molecule has 194 valence electrons. The van der Waals surface area contributed by atoms with Crippen LogP contribution in [0.15, 0.2) is 30.3 Å². The zero-order valence-electron chi connectivity index (χ0n) is 22.9. The van der Waals surface area contributed by atoms with E-state index in [1.54, 1.807) is 0 Å². The van der Waals surface area contributed by atoms with Crippen molar-refractivity contribution in [3.05, 3.63) is 63.7 Å². The normalized spacial score (nSPS) is 13.7. The molecule has 2 atom stereocenters. The molecule has 0 radical (unpaired) electrons. The van der Waals surface area contributed by atoms with Gasteiger partial charge in [0.1, 0.15) is 5.25 Å². The van der Waals surface area contributed by atoms with Gasteiger partial charge in [0.15, 0.2) is 5.75 Å². The minimum atomic E-state index is -2.68. The van der Waals surface area contributed by atoms with Gasteiger partial charge >= 0.3 is 0 Å². The zero-order chi connectivity index (χ0) is 26.6. The lowest BCUT2D eigenvalue weighted by molar-refractivity contribution is -0.127. The van der Waals surface area contributed by atoms with E-state index in [9.17, 15) is 13.6 Å². The van der Waals surface area contributed by atoms with Crippen molar-refractivity contribution in [2.24, 2.45) is 0 Å². The van der Waals surface area contributed by atoms with Crippen LogP contribution in [0, 0.1) is 0 Å². The van der Waals surface area contributed by atoms with E-state index in [1.165, 1.54) is 0 Å². The molecule has 0 saturated carbocycles. The molecule has 0 heterocycles. The summed E-state index contributed by atoms with van der Waals surface area (Å²) in [6.07, 6.45) is 0. The summed E-state index contributed by atoms with van der Waals surface area (Å²) in [5.74, 6) is 0.638. The van der Waals surface area contributed by atoms with E-state index in [4.69, 9.17) is 4.84 Å². The molecule has 0 aromatic heterocycles. The predicted octanol–water partition coefficient (Wildman–Crippen LogP) is 7.33. The second kappa shape index (κ2) is 12.2. The van der Waals surface area contributed by atoms with Gasteiger partial charge in [0.2, 0.25) is 0 Å². The summed E-state index contributed by atoms with van der Waals surface area (Å²) in [7, 11) is 0. The average molecular weight is 501 g/mol. The zero-order valence-corrected chi connectivity index (χ0v) is 23.7. The van der Waals surface area contributed by atoms with E-state index in [0.717, 1.165) is 27.8 Å². The minimum absolute atomic E-state index is 0.0511. The lowest BCUT2D eigenvalue weighted by Gasteiger charge is -2.29. The van der Waals surface area contributed by atoms with Gasteiger partial charge in [-0.15, -0.1) is 0 Å². The Morgan fingerprint density at radius 3 is 1.54 bits per heavy atom. The van der Waals surface area contributed by atoms with Crippen LogP contribution in [0.4, 0.5) is 0 Å². The maximum absolute atomic E-state index is 13.5. The molecule has 2 unspecified atom stereocenters. The van der Waals surface area contributed by atoms with Crippen LogP contribution >= 0.6 is 0 Å². The number of carbonyl (C=O) groups excluding carboxylic acids is 1. The summed E-state index contributed by atoms with van der Waals surface area (Å²) in [6.45, 7) is 20.6. The van der Waals surface area contributed by atoms with E-state index < -0.39 is 22.2 Å². The highest BCUT2D eigenvalue weighted by Gasteiger charge is 2.31. The molecule has 0 fully saturated rings. The summed E-state index contributed by atoms with van der Waals surface area (Å²) in [4.78, 5) is 19.4. The van der Waals surface area contributed by atoms with Crippen molar-refractivity contribution in [1.29, 1.82) is 0 Å². The minimum Gasteiger partial charge on any atom is -0.771 e. The molecule has 0 bridgehead atoms. The number of hydrogen-bond acceptors (Lipinski definition) is 4. The highest BCUT2D eigenvalue weighted by Crippen LogP contribution is 2.38. The number of hydroxylamine groups is 1. The number of nitrogens with one attached hydrogen (secondary N) is 1. The Labute approximate surface area is 214 Å². The molecule has 2 aromatic rings. The Hall–Kier alpha value is -2.18. The fraction of sp³-hybridized carbons (Fsp3) is 0.552. The highest BCUT2D eigenvalue weighted by molar-refractivity contribution is 7.80. The van der Waals surface area contributed by atoms with Crippen molar-refractivity contribution in [2.75, 3.05) is 0 Å². The summed E-state index contributed by atoms with van der Waals surface area (Å²) in [6, 6.07) is 10.0. The van der Waals surface area contributed by atoms with E-state index in [-0.39, 0.29) is 29.6 Å². The fourth-order valence-electron chi connectivity index (χ4n) is 4.38. The molecular formula is C29H42NO4S-. The Bertz CT molecular complexity index is 1000. The Balaban J connectivity index is 2.58. The molecule has 35 heavy (non-hydrogen) atoms. The molecule has 1 amide bonds. The van der Waals surface area contributed by atoms with Crippen LogP contribution in [0.3, 0.4) is 0 Å². The molecule has 0 saturated heterocycles. The first-order valence-electron chi connectivity index (χ1n) is 12.6. The largest absolute Gasteiger partial charge is 0.771 e. The van der Waals surface area contributed by atoms with Gasteiger partial charge < -0.3 is 9.39 Å². The topological polar surface area (TPSA) is 78.5 Å². The highest BCUT2D eigenvalue weighted by atomic mass is 32.2. The summed E-state index contributed by atoms with van der Waals surface area (Å²) in [5, 5.41) is -1.38. The maximum atomic E-state index is 13.5. The molecule has 0 spiro atoms. The van der Waals surface area contributed by atoms with Crippen LogP contribution in [0.25, 0.3) is 0 Å². The lowest BCUT2D eigenvalue weighted by atomic mass is 9.83. The van der Waals surface area contributed by atoms with E-state index in [0.29, 0.717) is 11.3 Å². The molecule has 1 N–H and O–H groups in total. The van der Waals surface area contributed by atoms with Crippen LogP contribution in [0.5, 0.6) is 5.75 Å². The van der Waals surface area contributed by atoms with Gasteiger partial charge in [0.25, 0.3) is 5.91 Å². The van der Waals surface area contributed by atoms with Crippen LogP contribution in [-0.4, -0.2) is 14.7 Å². The number of rotatable bonds is 10. The van der Waals surface area contributed by atoms with Crippen molar-refractivity contribution in [2.45, 2.75) is 104 Å². The van der Waals surface area contributed by atoms with E-state index >= 15 is 0 Å². The third-order valence-electron chi connectivity index (χ3n) is 6.44. The molecule has 2 rings (SSSR count). The Morgan fingerprint density at radius 1 is 0.771 bits per heavy atom. The average Bonchev–Trinajstić information content (AvgIpc) is 2.76. The van der Waals surface area contributed by atoms with Crippen LogP contribution in [0.2, 0.25) is 0 Å². The third kappa shape index (κ3) is 6.73. The van der Waals surface area contributed by atoms with Gasteiger partial charge in [-0.25, -0.2) is 0 Å². The van der Waals surface area contributed by atoms with Crippen LogP contribution in [0.1, 0.15) is 137 Å². The Morgan fingerprint density at radius 2 is 1.20 bits per heavy atom. The second-order valence-electron chi connectivity index (χ2n) is 10.9. The van der Waals surface area contributed by atoms with Gasteiger partial charge in [-0.1, -0.05) is 99.6 Å². The summed E-state index contributed by atoms with van der Waals surface area (Å²) in [5.41, 5.74) is 7.90. The van der Waals surface area contributed by atoms with Crippen molar-refractivity contribution in [3.8, 4) is 5.75 Å². The second-order valence-corrected chi connectivity index (χ2v) is 11.9. The summed E-state index contributed by atoms with van der Waals surface area (Å²) < 4.78 is 25.1. The van der Waals surface area contributed by atoms with Gasteiger partial charge in [0, 0.05) is 11.1 Å². The molecule has 0 aliphatic carbocycles. The molecular weight excluding hydrogens is 458 g/mol. The first-order valence-corrected chi connectivity index (χ1v) is 13.8. The predicted molar refractivity (Wildman–Crippen MR) is 144 cm³/mol. The van der Waals surface area contributed by atoms with E-state index in [1.807, 2.05) is 45.9 Å². The van der Waals surface area contributed by atoms with Gasteiger partial charge in [0.05, 0.1) is 0 Å². The molecule has 5 nitrogen and oxygen atoms in total. The monoisotopic (exact) mass is 500 g/mol. The van der Waals surface area contributed by atoms with Gasteiger partial charge in [-0.2, -0.15) is 5.48 Å². The maximum Gasteiger partial charge on any atom is 0.271 e. The van der Waals surface area contributed by atoms with Crippen molar-refractivity contribution < 1.29 is 18.4 Å². The number of para-hydroxylation sites is 1. The number of hydrogen-bond donors (Lipinski definition) is 1. The fourth-order valence-corrected chi connectivity index (χ4v) is 5.07. The lowest BCUT2D eigenvalue weighted by Crippen LogP contribution is -2.36. The van der Waals surface area contributed by atoms with Crippen molar-refractivity contribution in [1.82, 2.24) is 5.48 Å². The molecule has 2 aromatic carbocycles. The third-order valence-corrected chi connectivity index (χ3v) is 7.28. The van der Waals surface area contributed by atoms with Gasteiger partial charge in [-0.05, 0) is 62.9 Å². The number of benzene rings is 2. The molecule has 6 heteroatoms.